The molecule has 0 unspecified atom stereocenters. The molecule has 0 aliphatic carbocycles. The lowest BCUT2D eigenvalue weighted by Gasteiger charge is -1.86. The van der Waals surface area contributed by atoms with E-state index in [-0.39, 0.29) is 0 Å². The van der Waals surface area contributed by atoms with Crippen LogP contribution in [-0.4, -0.2) is 6.54 Å². The van der Waals surface area contributed by atoms with Crippen molar-refractivity contribution < 1.29 is 0 Å². The van der Waals surface area contributed by atoms with E-state index in [1.807, 2.05) is 6.08 Å². The monoisotopic (exact) mass is 113 g/mol. The number of nitrogens with zero attached hydrogens (tertiary/aromatic N) is 1. The third-order valence-electron chi connectivity index (χ3n) is 0.908. The molecule has 0 rings (SSSR count). The zero-order valence-corrected chi connectivity index (χ0v) is 4.97. The predicted molar refractivity (Wildman–Crippen MR) is 34.7 cm³/mol. The lowest BCUT2D eigenvalue weighted by atomic mass is 10.2. The Bertz CT molecular complexity index is 60.9. The summed E-state index contributed by atoms with van der Waals surface area (Å²) in [6.45, 7) is 4.00. The van der Waals surface area contributed by atoms with E-state index >= 15 is 0 Å². The van der Waals surface area contributed by atoms with E-state index in [0.29, 0.717) is 6.54 Å². The average Bonchev–Trinajstić information content (AvgIpc) is 1.81. The summed E-state index contributed by atoms with van der Waals surface area (Å²) in [5, 5.41) is 2.72. The summed E-state index contributed by atoms with van der Waals surface area (Å²) in [6.07, 6.45) is 4.78. The highest BCUT2D eigenvalue weighted by Gasteiger charge is 1.82. The lowest BCUT2D eigenvalue weighted by Crippen LogP contribution is -1.77. The number of unbranched alkanes of at least 4 members (excludes halogenated alkanes) is 2. The second-order valence-electron chi connectivity index (χ2n) is 1.64. The van der Waals surface area contributed by atoms with Crippen molar-refractivity contribution in [2.75, 3.05) is 6.54 Å². The maximum Gasteiger partial charge on any atom is 0.0811 e. The van der Waals surface area contributed by atoms with Gasteiger partial charge in [-0.1, -0.05) is 11.3 Å². The quantitative estimate of drug-likeness (QED) is 0.305. The van der Waals surface area contributed by atoms with E-state index in [4.69, 9.17) is 0 Å². The van der Waals surface area contributed by atoms with Crippen molar-refractivity contribution in [2.45, 2.75) is 19.3 Å². The van der Waals surface area contributed by atoms with Crippen LogP contribution in [0.25, 0.3) is 0 Å². The average molecular weight is 113 g/mol. The van der Waals surface area contributed by atoms with E-state index in [2.05, 4.69) is 11.8 Å². The van der Waals surface area contributed by atoms with Gasteiger partial charge in [-0.2, -0.15) is 4.91 Å². The molecule has 0 atom stereocenters. The van der Waals surface area contributed by atoms with Gasteiger partial charge in [0.15, 0.2) is 0 Å². The Balaban J connectivity index is 2.71. The zero-order valence-electron chi connectivity index (χ0n) is 4.97. The van der Waals surface area contributed by atoms with E-state index in [1.54, 1.807) is 0 Å². The Kier molecular flexibility index (Phi) is 5.82. The first-order chi connectivity index (χ1) is 3.91. The molecule has 0 aromatic heterocycles. The van der Waals surface area contributed by atoms with E-state index in [9.17, 15) is 4.91 Å². The van der Waals surface area contributed by atoms with Crippen LogP contribution in [0, 0.1) is 4.91 Å². The second kappa shape index (κ2) is 6.34. The summed E-state index contributed by atoms with van der Waals surface area (Å²) in [4.78, 5) is 9.49. The van der Waals surface area contributed by atoms with E-state index in [0.717, 1.165) is 19.3 Å². The number of hydrogen-bond donors (Lipinski definition) is 0. The molecule has 2 heteroatoms. The number of rotatable bonds is 5. The molecule has 0 bridgehead atoms. The maximum absolute atomic E-state index is 9.49. The molecule has 0 aromatic carbocycles. The highest BCUT2D eigenvalue weighted by atomic mass is 16.3. The fraction of sp³-hybridized carbons (Fsp3) is 0.667. The Labute approximate surface area is 49.6 Å². The van der Waals surface area contributed by atoms with Crippen LogP contribution in [0.2, 0.25) is 0 Å². The Hall–Kier alpha value is -0.660. The Morgan fingerprint density at radius 2 is 2.25 bits per heavy atom. The van der Waals surface area contributed by atoms with Crippen LogP contribution in [0.1, 0.15) is 19.3 Å². The topological polar surface area (TPSA) is 29.4 Å². The van der Waals surface area contributed by atoms with Crippen LogP contribution >= 0.6 is 0 Å². The molecule has 46 valence electrons. The predicted octanol–water partition coefficient (Wildman–Crippen LogP) is 2.11. The van der Waals surface area contributed by atoms with Gasteiger partial charge in [-0.3, -0.25) is 0 Å². The first-order valence-corrected chi connectivity index (χ1v) is 2.82. The summed E-state index contributed by atoms with van der Waals surface area (Å²) in [5.74, 6) is 0. The third-order valence-corrected chi connectivity index (χ3v) is 0.908. The first kappa shape index (κ1) is 7.34. The second-order valence-corrected chi connectivity index (χ2v) is 1.64. The SMILES string of the molecule is C=CCCCCN=O. The minimum Gasteiger partial charge on any atom is -0.151 e. The Morgan fingerprint density at radius 3 is 2.75 bits per heavy atom. The van der Waals surface area contributed by atoms with Gasteiger partial charge in [0, 0.05) is 0 Å². The summed E-state index contributed by atoms with van der Waals surface area (Å²) in [6, 6.07) is 0. The molecule has 0 spiro atoms. The molecule has 2 nitrogen and oxygen atoms in total. The minimum atomic E-state index is 0.452. The summed E-state index contributed by atoms with van der Waals surface area (Å²) in [7, 11) is 0. The van der Waals surface area contributed by atoms with Crippen molar-refractivity contribution in [1.29, 1.82) is 0 Å². The zero-order chi connectivity index (χ0) is 6.24. The van der Waals surface area contributed by atoms with Crippen LogP contribution in [-0.2, 0) is 0 Å². The van der Waals surface area contributed by atoms with Crippen molar-refractivity contribution in [3.05, 3.63) is 17.6 Å². The number of allylic oxidation sites excluding steroid dienone is 1. The molecule has 0 radical (unpaired) electrons. The van der Waals surface area contributed by atoms with Crippen LogP contribution in [0.4, 0.5) is 0 Å². The fourth-order valence-corrected chi connectivity index (χ4v) is 0.465. The summed E-state index contributed by atoms with van der Waals surface area (Å²) < 4.78 is 0. The molecule has 0 saturated carbocycles. The normalized spacial score (nSPS) is 8.50. The molecule has 0 fully saturated rings. The van der Waals surface area contributed by atoms with Crippen molar-refractivity contribution in [3.8, 4) is 0 Å². The van der Waals surface area contributed by atoms with Crippen LogP contribution in [0.5, 0.6) is 0 Å². The van der Waals surface area contributed by atoms with Gasteiger partial charge in [-0.05, 0) is 19.3 Å². The summed E-state index contributed by atoms with van der Waals surface area (Å²) >= 11 is 0. The van der Waals surface area contributed by atoms with Gasteiger partial charge in [0.1, 0.15) is 0 Å². The van der Waals surface area contributed by atoms with Gasteiger partial charge in [0.2, 0.25) is 0 Å². The molecule has 0 aliphatic rings. The molecule has 8 heavy (non-hydrogen) atoms. The molecule has 0 aliphatic heterocycles. The number of nitroso groups, excluding NO2 is 1. The van der Waals surface area contributed by atoms with E-state index < -0.39 is 0 Å². The maximum atomic E-state index is 9.49. The third kappa shape index (κ3) is 5.34. The van der Waals surface area contributed by atoms with Crippen LogP contribution < -0.4 is 0 Å². The first-order valence-electron chi connectivity index (χ1n) is 2.82. The van der Waals surface area contributed by atoms with Gasteiger partial charge >= 0.3 is 0 Å². The molecule has 0 aromatic rings. The minimum absolute atomic E-state index is 0.452. The van der Waals surface area contributed by atoms with Gasteiger partial charge < -0.3 is 0 Å². The lowest BCUT2D eigenvalue weighted by molar-refractivity contribution is 0.757. The standard InChI is InChI=1S/C6H11NO/c1-2-3-4-5-6-7-8/h2H,1,3-6H2. The van der Waals surface area contributed by atoms with Crippen molar-refractivity contribution in [3.63, 3.8) is 0 Å². The molecule has 0 heterocycles. The molecular weight excluding hydrogens is 102 g/mol. The van der Waals surface area contributed by atoms with Gasteiger partial charge in [0.05, 0.1) is 6.54 Å². The van der Waals surface area contributed by atoms with Crippen LogP contribution in [0.3, 0.4) is 0 Å². The van der Waals surface area contributed by atoms with Crippen molar-refractivity contribution >= 4 is 0 Å². The van der Waals surface area contributed by atoms with Gasteiger partial charge in [0.25, 0.3) is 0 Å². The largest absolute Gasteiger partial charge is 0.151 e. The highest BCUT2D eigenvalue weighted by molar-refractivity contribution is 4.65. The van der Waals surface area contributed by atoms with E-state index in [1.165, 1.54) is 0 Å². The fourth-order valence-electron chi connectivity index (χ4n) is 0.465. The molecule has 0 N–H and O–H groups in total. The molecular formula is C6H11NO. The number of hydrogen-bond acceptors (Lipinski definition) is 2. The van der Waals surface area contributed by atoms with Gasteiger partial charge in [-0.25, -0.2) is 0 Å². The van der Waals surface area contributed by atoms with Gasteiger partial charge in [-0.15, -0.1) is 6.58 Å². The van der Waals surface area contributed by atoms with Crippen LogP contribution in [0.15, 0.2) is 17.8 Å². The summed E-state index contributed by atoms with van der Waals surface area (Å²) in [5.41, 5.74) is 0. The molecule has 0 saturated heterocycles. The Morgan fingerprint density at radius 1 is 1.50 bits per heavy atom. The van der Waals surface area contributed by atoms with Crippen molar-refractivity contribution in [1.82, 2.24) is 0 Å². The molecule has 0 amide bonds. The highest BCUT2D eigenvalue weighted by Crippen LogP contribution is 1.94. The van der Waals surface area contributed by atoms with Crippen molar-refractivity contribution in [2.24, 2.45) is 5.18 Å². The smallest absolute Gasteiger partial charge is 0.0811 e.